The van der Waals surface area contributed by atoms with Crippen LogP contribution in [0.4, 0.5) is 5.69 Å². The van der Waals surface area contributed by atoms with Crippen LogP contribution in [0, 0.1) is 10.1 Å². The summed E-state index contributed by atoms with van der Waals surface area (Å²) in [5.74, 6) is -1.42. The third kappa shape index (κ3) is 2.90. The SMILES string of the molecule is CC(c1ccccc1)c1c(C(=O)OO)cccc1[N+](=O)[O-]. The lowest BCUT2D eigenvalue weighted by atomic mass is 9.88. The molecule has 0 radical (unpaired) electrons. The average molecular weight is 287 g/mol. The highest BCUT2D eigenvalue weighted by Crippen LogP contribution is 2.34. The maximum atomic E-state index is 11.7. The van der Waals surface area contributed by atoms with Crippen LogP contribution in [0.2, 0.25) is 0 Å². The summed E-state index contributed by atoms with van der Waals surface area (Å²) in [6.45, 7) is 1.76. The fourth-order valence-corrected chi connectivity index (χ4v) is 2.30. The second-order valence-corrected chi connectivity index (χ2v) is 4.51. The minimum absolute atomic E-state index is 0.0250. The Morgan fingerprint density at radius 3 is 2.43 bits per heavy atom. The molecule has 0 saturated heterocycles. The summed E-state index contributed by atoms with van der Waals surface area (Å²) in [5, 5.41) is 19.8. The van der Waals surface area contributed by atoms with Gasteiger partial charge in [0.05, 0.1) is 16.1 Å². The predicted molar refractivity (Wildman–Crippen MR) is 75.1 cm³/mol. The third-order valence-corrected chi connectivity index (χ3v) is 3.32. The van der Waals surface area contributed by atoms with Gasteiger partial charge in [-0.25, -0.2) is 4.79 Å². The zero-order valence-electron chi connectivity index (χ0n) is 11.2. The monoisotopic (exact) mass is 287 g/mol. The highest BCUT2D eigenvalue weighted by molar-refractivity contribution is 5.92. The van der Waals surface area contributed by atoms with Crippen LogP contribution in [0.1, 0.15) is 34.3 Å². The fourth-order valence-electron chi connectivity index (χ4n) is 2.30. The van der Waals surface area contributed by atoms with Gasteiger partial charge >= 0.3 is 5.97 Å². The van der Waals surface area contributed by atoms with Gasteiger partial charge in [-0.05, 0) is 11.6 Å². The first kappa shape index (κ1) is 14.7. The van der Waals surface area contributed by atoms with E-state index in [2.05, 4.69) is 4.89 Å². The molecule has 2 rings (SSSR count). The molecular weight excluding hydrogens is 274 g/mol. The molecule has 1 atom stereocenters. The molecule has 0 aromatic heterocycles. The van der Waals surface area contributed by atoms with Crippen LogP contribution in [-0.2, 0) is 4.89 Å². The van der Waals surface area contributed by atoms with Gasteiger partial charge in [0, 0.05) is 12.0 Å². The molecule has 0 aliphatic heterocycles. The summed E-state index contributed by atoms with van der Waals surface area (Å²) >= 11 is 0. The van der Waals surface area contributed by atoms with Crippen LogP contribution >= 0.6 is 0 Å². The highest BCUT2D eigenvalue weighted by Gasteiger charge is 2.27. The van der Waals surface area contributed by atoms with E-state index < -0.39 is 16.8 Å². The van der Waals surface area contributed by atoms with Gasteiger partial charge in [-0.3, -0.25) is 15.0 Å². The number of carbonyl (C=O) groups is 1. The zero-order valence-corrected chi connectivity index (χ0v) is 11.2. The molecule has 21 heavy (non-hydrogen) atoms. The van der Waals surface area contributed by atoms with Gasteiger partial charge in [-0.1, -0.05) is 43.3 Å². The first-order chi connectivity index (χ1) is 10.1. The van der Waals surface area contributed by atoms with E-state index in [-0.39, 0.29) is 16.8 Å². The van der Waals surface area contributed by atoms with E-state index in [1.54, 1.807) is 6.92 Å². The van der Waals surface area contributed by atoms with Crippen LogP contribution in [0.25, 0.3) is 0 Å². The van der Waals surface area contributed by atoms with Crippen LogP contribution < -0.4 is 0 Å². The summed E-state index contributed by atoms with van der Waals surface area (Å²) in [5.41, 5.74) is 0.823. The van der Waals surface area contributed by atoms with Crippen molar-refractivity contribution in [2.45, 2.75) is 12.8 Å². The first-order valence-electron chi connectivity index (χ1n) is 6.24. The van der Waals surface area contributed by atoms with E-state index in [1.807, 2.05) is 30.3 Å². The molecule has 0 spiro atoms. The Bertz CT molecular complexity index is 669. The first-order valence-corrected chi connectivity index (χ1v) is 6.24. The number of nitro benzene ring substituents is 1. The minimum atomic E-state index is -1.02. The lowest BCUT2D eigenvalue weighted by Gasteiger charge is -2.15. The molecule has 0 aliphatic rings. The van der Waals surface area contributed by atoms with Crippen molar-refractivity contribution in [3.8, 4) is 0 Å². The van der Waals surface area contributed by atoms with Crippen molar-refractivity contribution in [3.63, 3.8) is 0 Å². The van der Waals surface area contributed by atoms with Gasteiger partial charge in [0.1, 0.15) is 0 Å². The summed E-state index contributed by atoms with van der Waals surface area (Å²) < 4.78 is 0. The Labute approximate surface area is 120 Å². The molecule has 0 heterocycles. The average Bonchev–Trinajstić information content (AvgIpc) is 2.53. The molecule has 2 aromatic carbocycles. The molecular formula is C15H13NO5. The zero-order chi connectivity index (χ0) is 15.4. The van der Waals surface area contributed by atoms with Crippen LogP contribution in [0.3, 0.4) is 0 Å². The molecule has 2 aromatic rings. The predicted octanol–water partition coefficient (Wildman–Crippen LogP) is 3.38. The Kier molecular flexibility index (Phi) is 4.30. The quantitative estimate of drug-likeness (QED) is 0.529. The number of rotatable bonds is 4. The molecule has 1 unspecified atom stereocenters. The smallest absolute Gasteiger partial charge is 0.295 e. The van der Waals surface area contributed by atoms with E-state index in [9.17, 15) is 14.9 Å². The fraction of sp³-hybridized carbons (Fsp3) is 0.133. The van der Waals surface area contributed by atoms with Crippen molar-refractivity contribution in [3.05, 3.63) is 75.3 Å². The molecule has 108 valence electrons. The summed E-state index contributed by atoms with van der Waals surface area (Å²) in [4.78, 5) is 26.0. The Hall–Kier alpha value is -2.73. The van der Waals surface area contributed by atoms with Crippen LogP contribution in [-0.4, -0.2) is 16.1 Å². The number of benzene rings is 2. The van der Waals surface area contributed by atoms with E-state index in [1.165, 1.54) is 18.2 Å². The molecule has 6 heteroatoms. The van der Waals surface area contributed by atoms with Crippen molar-refractivity contribution in [1.29, 1.82) is 0 Å². The lowest BCUT2D eigenvalue weighted by molar-refractivity contribution is -0.385. The second kappa shape index (κ2) is 6.15. The summed E-state index contributed by atoms with van der Waals surface area (Å²) in [7, 11) is 0. The van der Waals surface area contributed by atoms with Gasteiger partial charge in [0.25, 0.3) is 5.69 Å². The maximum absolute atomic E-state index is 11.7. The van der Waals surface area contributed by atoms with E-state index in [0.717, 1.165) is 5.56 Å². The normalized spacial score (nSPS) is 11.7. The Morgan fingerprint density at radius 1 is 1.19 bits per heavy atom. The molecule has 0 bridgehead atoms. The van der Waals surface area contributed by atoms with Gasteiger partial charge < -0.3 is 0 Å². The van der Waals surface area contributed by atoms with Crippen LogP contribution in [0.15, 0.2) is 48.5 Å². The number of carbonyl (C=O) groups excluding carboxylic acids is 1. The van der Waals surface area contributed by atoms with Crippen molar-refractivity contribution >= 4 is 11.7 Å². The second-order valence-electron chi connectivity index (χ2n) is 4.51. The molecule has 0 aliphatic carbocycles. The number of hydrogen-bond acceptors (Lipinski definition) is 5. The summed E-state index contributed by atoms with van der Waals surface area (Å²) in [6.07, 6.45) is 0. The topological polar surface area (TPSA) is 89.7 Å². The minimum Gasteiger partial charge on any atom is -0.295 e. The molecule has 0 saturated carbocycles. The summed E-state index contributed by atoms with van der Waals surface area (Å²) in [6, 6.07) is 13.2. The number of nitro groups is 1. The van der Waals surface area contributed by atoms with Gasteiger partial charge in [-0.2, -0.15) is 5.26 Å². The molecule has 0 amide bonds. The molecule has 0 fully saturated rings. The highest BCUT2D eigenvalue weighted by atomic mass is 17.1. The van der Waals surface area contributed by atoms with Crippen molar-refractivity contribution in [2.75, 3.05) is 0 Å². The molecule has 6 nitrogen and oxygen atoms in total. The standard InChI is InChI=1S/C15H13NO5/c1-10(11-6-3-2-4-7-11)14-12(15(17)21-20)8-5-9-13(14)16(18)19/h2-10,20H,1H3. The number of hydrogen-bond donors (Lipinski definition) is 1. The van der Waals surface area contributed by atoms with Gasteiger partial charge in [0.15, 0.2) is 0 Å². The Balaban J connectivity index is 2.64. The Morgan fingerprint density at radius 2 is 1.86 bits per heavy atom. The van der Waals surface area contributed by atoms with Crippen LogP contribution in [0.5, 0.6) is 0 Å². The van der Waals surface area contributed by atoms with Crippen molar-refractivity contribution in [1.82, 2.24) is 0 Å². The van der Waals surface area contributed by atoms with Gasteiger partial charge in [-0.15, -0.1) is 0 Å². The van der Waals surface area contributed by atoms with E-state index in [0.29, 0.717) is 0 Å². The molecule has 1 N–H and O–H groups in total. The maximum Gasteiger partial charge on any atom is 0.373 e. The third-order valence-electron chi connectivity index (χ3n) is 3.32. The van der Waals surface area contributed by atoms with Crippen molar-refractivity contribution in [2.24, 2.45) is 0 Å². The largest absolute Gasteiger partial charge is 0.373 e. The van der Waals surface area contributed by atoms with E-state index in [4.69, 9.17) is 5.26 Å². The number of nitrogens with zero attached hydrogens (tertiary/aromatic N) is 1. The van der Waals surface area contributed by atoms with E-state index >= 15 is 0 Å². The lowest BCUT2D eigenvalue weighted by Crippen LogP contribution is -2.11. The van der Waals surface area contributed by atoms with Crippen molar-refractivity contribution < 1.29 is 19.9 Å². The van der Waals surface area contributed by atoms with Gasteiger partial charge in [0.2, 0.25) is 0 Å².